The van der Waals surface area contributed by atoms with E-state index in [-0.39, 0.29) is 23.6 Å². The fraction of sp³-hybridized carbons (Fsp3) is 0.333. The lowest BCUT2D eigenvalue weighted by molar-refractivity contribution is 0.285. The molecule has 2 aromatic rings. The number of halogens is 1. The van der Waals surface area contributed by atoms with E-state index >= 15 is 0 Å². The molecule has 0 saturated heterocycles. The van der Waals surface area contributed by atoms with Gasteiger partial charge in [0.1, 0.15) is 0 Å². The van der Waals surface area contributed by atoms with Crippen LogP contribution in [-0.2, 0) is 6.54 Å². The number of aliphatic hydroxyl groups is 1. The molecule has 0 bridgehead atoms. The molecule has 3 nitrogen and oxygen atoms in total. The normalized spacial score (nSPS) is 13.0. The van der Waals surface area contributed by atoms with Gasteiger partial charge in [0.2, 0.25) is 0 Å². The van der Waals surface area contributed by atoms with Gasteiger partial charge in [-0.2, -0.15) is 0 Å². The summed E-state index contributed by atoms with van der Waals surface area (Å²) >= 11 is 0. The second-order valence-corrected chi connectivity index (χ2v) is 5.51. The van der Waals surface area contributed by atoms with Gasteiger partial charge in [0, 0.05) is 19.7 Å². The summed E-state index contributed by atoms with van der Waals surface area (Å²) in [5, 5.41) is 8.95. The minimum Gasteiger partial charge on any atom is -0.396 e. The number of hydrogen-bond donors (Lipinski definition) is 1. The van der Waals surface area contributed by atoms with Crippen LogP contribution in [0, 0.1) is 0 Å². The molecule has 0 saturated carbocycles. The monoisotopic (exact) mass is 362 g/mol. The zero-order valence-electron chi connectivity index (χ0n) is 12.7. The third-order valence-electron chi connectivity index (χ3n) is 3.96. The number of benzene rings is 2. The third kappa shape index (κ3) is 3.81. The molecule has 1 heterocycles. The zero-order chi connectivity index (χ0) is 14.5. The van der Waals surface area contributed by atoms with Gasteiger partial charge in [-0.05, 0) is 30.5 Å². The molecule has 0 atom stereocenters. The molecule has 22 heavy (non-hydrogen) atoms. The molecule has 4 heteroatoms. The molecule has 2 aromatic carbocycles. The highest BCUT2D eigenvalue weighted by Crippen LogP contribution is 2.36. The van der Waals surface area contributed by atoms with Gasteiger partial charge >= 0.3 is 0 Å². The molecule has 1 N–H and O–H groups in total. The topological polar surface area (TPSA) is 26.7 Å². The van der Waals surface area contributed by atoms with Crippen LogP contribution >= 0.6 is 17.0 Å². The Morgan fingerprint density at radius 2 is 1.45 bits per heavy atom. The second kappa shape index (κ2) is 8.20. The van der Waals surface area contributed by atoms with E-state index in [1.807, 2.05) is 0 Å². The van der Waals surface area contributed by atoms with E-state index < -0.39 is 0 Å². The van der Waals surface area contributed by atoms with Gasteiger partial charge in [-0.15, -0.1) is 17.0 Å². The lowest BCUT2D eigenvalue weighted by Crippen LogP contribution is -2.31. The quantitative estimate of drug-likeness (QED) is 0.791. The summed E-state index contributed by atoms with van der Waals surface area (Å²) in [7, 11) is 0. The predicted molar refractivity (Wildman–Crippen MR) is 97.9 cm³/mol. The molecular formula is C18H23BrN2O. The van der Waals surface area contributed by atoms with Crippen LogP contribution in [0.3, 0.4) is 0 Å². The molecule has 3 rings (SSSR count). The van der Waals surface area contributed by atoms with E-state index in [1.165, 1.54) is 16.9 Å². The van der Waals surface area contributed by atoms with Gasteiger partial charge in [-0.3, -0.25) is 0 Å². The summed E-state index contributed by atoms with van der Waals surface area (Å²) in [5.41, 5.74) is 3.96. The smallest absolute Gasteiger partial charge is 0.0907 e. The Labute approximate surface area is 142 Å². The van der Waals surface area contributed by atoms with Crippen molar-refractivity contribution >= 4 is 28.4 Å². The molecule has 0 aliphatic carbocycles. The van der Waals surface area contributed by atoms with Crippen molar-refractivity contribution in [3.8, 4) is 0 Å². The number of aliphatic hydroxyl groups excluding tert-OH is 1. The summed E-state index contributed by atoms with van der Waals surface area (Å²) in [6.45, 7) is 3.15. The van der Waals surface area contributed by atoms with Crippen molar-refractivity contribution in [1.29, 1.82) is 0 Å². The van der Waals surface area contributed by atoms with E-state index in [9.17, 15) is 0 Å². The number of unbranched alkanes of at least 4 members (excludes halogenated alkanes) is 1. The molecule has 118 valence electrons. The zero-order valence-corrected chi connectivity index (χ0v) is 14.4. The van der Waals surface area contributed by atoms with E-state index in [0.29, 0.717) is 0 Å². The first kappa shape index (κ1) is 16.8. The van der Waals surface area contributed by atoms with Crippen LogP contribution in [0.15, 0.2) is 54.6 Å². The number of anilines is 2. The maximum absolute atomic E-state index is 8.95. The SMILES string of the molecule is Br.OCCCCN1CN(Cc2ccccc2)c2ccccc21. The summed E-state index contributed by atoms with van der Waals surface area (Å²) in [4.78, 5) is 4.83. The largest absolute Gasteiger partial charge is 0.396 e. The first-order valence-electron chi connectivity index (χ1n) is 7.62. The van der Waals surface area contributed by atoms with Crippen molar-refractivity contribution in [2.75, 3.05) is 29.6 Å². The molecule has 1 aliphatic heterocycles. The van der Waals surface area contributed by atoms with Crippen LogP contribution in [0.4, 0.5) is 11.4 Å². The summed E-state index contributed by atoms with van der Waals surface area (Å²) in [6.07, 6.45) is 1.90. The highest BCUT2D eigenvalue weighted by Gasteiger charge is 2.24. The van der Waals surface area contributed by atoms with Crippen LogP contribution in [-0.4, -0.2) is 24.9 Å². The number of nitrogens with zero attached hydrogens (tertiary/aromatic N) is 2. The maximum Gasteiger partial charge on any atom is 0.0907 e. The maximum atomic E-state index is 8.95. The standard InChI is InChI=1S/C18H22N2O.BrH/c21-13-7-6-12-19-15-20(14-16-8-2-1-3-9-16)18-11-5-4-10-17(18)19;/h1-5,8-11,21H,6-7,12-15H2;1H. The Kier molecular flexibility index (Phi) is 6.28. The van der Waals surface area contributed by atoms with E-state index in [4.69, 9.17) is 5.11 Å². The number of rotatable bonds is 6. The van der Waals surface area contributed by atoms with E-state index in [2.05, 4.69) is 64.4 Å². The fourth-order valence-electron chi connectivity index (χ4n) is 2.90. The van der Waals surface area contributed by atoms with Crippen molar-refractivity contribution in [3.05, 3.63) is 60.2 Å². The number of fused-ring (bicyclic) bond motifs is 1. The van der Waals surface area contributed by atoms with Gasteiger partial charge in [0.15, 0.2) is 0 Å². The van der Waals surface area contributed by atoms with Crippen molar-refractivity contribution in [2.45, 2.75) is 19.4 Å². The van der Waals surface area contributed by atoms with Gasteiger partial charge in [-0.25, -0.2) is 0 Å². The lowest BCUT2D eigenvalue weighted by atomic mass is 10.2. The van der Waals surface area contributed by atoms with Crippen molar-refractivity contribution < 1.29 is 5.11 Å². The molecule has 0 amide bonds. The molecular weight excluding hydrogens is 340 g/mol. The fourth-order valence-corrected chi connectivity index (χ4v) is 2.90. The van der Waals surface area contributed by atoms with Crippen LogP contribution in [0.5, 0.6) is 0 Å². The van der Waals surface area contributed by atoms with Gasteiger partial charge in [0.05, 0.1) is 18.0 Å². The average molecular weight is 363 g/mol. The van der Waals surface area contributed by atoms with Crippen molar-refractivity contribution in [3.63, 3.8) is 0 Å². The Hall–Kier alpha value is -1.52. The molecule has 0 fully saturated rings. The Balaban J connectivity index is 0.00000176. The molecule has 0 spiro atoms. The first-order valence-corrected chi connectivity index (χ1v) is 7.62. The Morgan fingerprint density at radius 1 is 0.818 bits per heavy atom. The Bertz CT molecular complexity index is 576. The molecule has 0 radical (unpaired) electrons. The molecule has 0 unspecified atom stereocenters. The number of para-hydroxylation sites is 2. The number of hydrogen-bond acceptors (Lipinski definition) is 3. The lowest BCUT2D eigenvalue weighted by Gasteiger charge is -2.21. The first-order chi connectivity index (χ1) is 10.4. The average Bonchev–Trinajstić information content (AvgIpc) is 2.87. The van der Waals surface area contributed by atoms with Crippen LogP contribution in [0.25, 0.3) is 0 Å². The minimum absolute atomic E-state index is 0. The molecule has 0 aromatic heterocycles. The van der Waals surface area contributed by atoms with Crippen LogP contribution in [0.2, 0.25) is 0 Å². The minimum atomic E-state index is 0. The van der Waals surface area contributed by atoms with Crippen LogP contribution < -0.4 is 9.80 Å². The van der Waals surface area contributed by atoms with Gasteiger partial charge in [0.25, 0.3) is 0 Å². The Morgan fingerprint density at radius 3 is 2.14 bits per heavy atom. The van der Waals surface area contributed by atoms with Crippen molar-refractivity contribution in [1.82, 2.24) is 0 Å². The second-order valence-electron chi connectivity index (χ2n) is 5.51. The summed E-state index contributed by atoms with van der Waals surface area (Å²) in [5.74, 6) is 0. The molecule has 1 aliphatic rings. The predicted octanol–water partition coefficient (Wildman–Crippen LogP) is 3.82. The summed E-state index contributed by atoms with van der Waals surface area (Å²) in [6, 6.07) is 19.2. The van der Waals surface area contributed by atoms with E-state index in [1.54, 1.807) is 0 Å². The van der Waals surface area contributed by atoms with Crippen molar-refractivity contribution in [2.24, 2.45) is 0 Å². The third-order valence-corrected chi connectivity index (χ3v) is 3.96. The highest BCUT2D eigenvalue weighted by molar-refractivity contribution is 8.93. The van der Waals surface area contributed by atoms with Gasteiger partial charge < -0.3 is 14.9 Å². The van der Waals surface area contributed by atoms with Gasteiger partial charge in [-0.1, -0.05) is 42.5 Å². The summed E-state index contributed by atoms with van der Waals surface area (Å²) < 4.78 is 0. The van der Waals surface area contributed by atoms with E-state index in [0.717, 1.165) is 32.6 Å². The highest BCUT2D eigenvalue weighted by atomic mass is 79.9. The van der Waals surface area contributed by atoms with Crippen LogP contribution in [0.1, 0.15) is 18.4 Å².